The van der Waals surface area contributed by atoms with E-state index in [0.717, 1.165) is 23.8 Å². The van der Waals surface area contributed by atoms with Gasteiger partial charge in [0.2, 0.25) is 0 Å². The monoisotopic (exact) mass is 228 g/mol. The van der Waals surface area contributed by atoms with E-state index in [4.69, 9.17) is 16.9 Å². The first-order valence-electron chi connectivity index (χ1n) is 4.59. The summed E-state index contributed by atoms with van der Waals surface area (Å²) in [6, 6.07) is 6.10. The van der Waals surface area contributed by atoms with Crippen molar-refractivity contribution in [2.45, 2.75) is 19.9 Å². The van der Waals surface area contributed by atoms with E-state index in [-0.39, 0.29) is 0 Å². The molecule has 2 nitrogen and oxygen atoms in total. The van der Waals surface area contributed by atoms with Crippen LogP contribution in [0.3, 0.4) is 0 Å². The number of hydrogen-bond donors (Lipinski definition) is 0. The summed E-state index contributed by atoms with van der Waals surface area (Å²) in [7, 11) is 0. The van der Waals surface area contributed by atoms with E-state index in [1.807, 2.05) is 12.1 Å². The molecular weight excluding hydrogens is 216 g/mol. The predicted molar refractivity (Wildman–Crippen MR) is 60.5 cm³/mol. The Morgan fingerprint density at radius 2 is 2.36 bits per heavy atom. The Kier molecular flexibility index (Phi) is 4.95. The van der Waals surface area contributed by atoms with E-state index in [2.05, 4.69) is 17.9 Å². The Morgan fingerprint density at radius 1 is 1.57 bits per heavy atom. The molecule has 1 rings (SSSR count). The average Bonchev–Trinajstić information content (AvgIpc) is 2.52. The van der Waals surface area contributed by atoms with Crippen LogP contribution in [-0.4, -0.2) is 18.0 Å². The molecular formula is C10H13ClN2S. The highest BCUT2D eigenvalue weighted by atomic mass is 35.5. The minimum atomic E-state index is 0.489. The van der Waals surface area contributed by atoms with Gasteiger partial charge in [0.15, 0.2) is 0 Å². The van der Waals surface area contributed by atoms with Crippen molar-refractivity contribution in [1.29, 1.82) is 5.26 Å². The molecule has 0 saturated carbocycles. The standard InChI is InChI=1S/C10H13ClN2S/c1-2-6-13(7-5-12)8-9-3-4-10(11)14-9/h3-4H,2,6-8H2,1H3. The molecule has 0 N–H and O–H groups in total. The van der Waals surface area contributed by atoms with E-state index in [1.54, 1.807) is 11.3 Å². The molecule has 0 saturated heterocycles. The summed E-state index contributed by atoms with van der Waals surface area (Å²) in [5, 5.41) is 8.63. The average molecular weight is 229 g/mol. The van der Waals surface area contributed by atoms with Gasteiger partial charge in [0, 0.05) is 11.4 Å². The van der Waals surface area contributed by atoms with Crippen molar-refractivity contribution >= 4 is 22.9 Å². The number of thiophene rings is 1. The van der Waals surface area contributed by atoms with E-state index in [0.29, 0.717) is 6.54 Å². The van der Waals surface area contributed by atoms with E-state index >= 15 is 0 Å². The van der Waals surface area contributed by atoms with Crippen LogP contribution in [-0.2, 0) is 6.54 Å². The smallest absolute Gasteiger partial charge is 0.0931 e. The van der Waals surface area contributed by atoms with Crippen LogP contribution in [0.5, 0.6) is 0 Å². The third-order valence-corrected chi connectivity index (χ3v) is 3.06. The number of nitrogens with zero attached hydrogens (tertiary/aromatic N) is 2. The molecule has 1 heterocycles. The maximum Gasteiger partial charge on any atom is 0.0931 e. The maximum atomic E-state index is 8.63. The van der Waals surface area contributed by atoms with Gasteiger partial charge in [-0.25, -0.2) is 0 Å². The van der Waals surface area contributed by atoms with Gasteiger partial charge in [0.05, 0.1) is 17.0 Å². The lowest BCUT2D eigenvalue weighted by atomic mass is 10.3. The third-order valence-electron chi connectivity index (χ3n) is 1.84. The molecule has 4 heteroatoms. The fourth-order valence-corrected chi connectivity index (χ4v) is 2.42. The second kappa shape index (κ2) is 6.02. The van der Waals surface area contributed by atoms with Gasteiger partial charge >= 0.3 is 0 Å². The molecule has 0 aliphatic carbocycles. The molecule has 0 bridgehead atoms. The predicted octanol–water partition coefficient (Wildman–Crippen LogP) is 3.14. The largest absolute Gasteiger partial charge is 0.285 e. The van der Waals surface area contributed by atoms with E-state index in [1.165, 1.54) is 4.88 Å². The summed E-state index contributed by atoms with van der Waals surface area (Å²) in [4.78, 5) is 3.35. The fraction of sp³-hybridized carbons (Fsp3) is 0.500. The summed E-state index contributed by atoms with van der Waals surface area (Å²) in [6.07, 6.45) is 1.07. The summed E-state index contributed by atoms with van der Waals surface area (Å²) in [6.45, 7) is 4.40. The molecule has 0 unspecified atom stereocenters. The highest BCUT2D eigenvalue weighted by Crippen LogP contribution is 2.22. The maximum absolute atomic E-state index is 8.63. The molecule has 14 heavy (non-hydrogen) atoms. The lowest BCUT2D eigenvalue weighted by Crippen LogP contribution is -2.23. The molecule has 0 aliphatic heterocycles. The van der Waals surface area contributed by atoms with Crippen LogP contribution in [0.1, 0.15) is 18.2 Å². The van der Waals surface area contributed by atoms with Crippen LogP contribution < -0.4 is 0 Å². The SMILES string of the molecule is CCCN(CC#N)Cc1ccc(Cl)s1. The van der Waals surface area contributed by atoms with Crippen molar-refractivity contribution < 1.29 is 0 Å². The van der Waals surface area contributed by atoms with E-state index in [9.17, 15) is 0 Å². The van der Waals surface area contributed by atoms with Gasteiger partial charge in [-0.3, -0.25) is 4.90 Å². The quantitative estimate of drug-likeness (QED) is 0.724. The van der Waals surface area contributed by atoms with Crippen molar-refractivity contribution in [3.8, 4) is 6.07 Å². The van der Waals surface area contributed by atoms with Crippen LogP contribution in [0.25, 0.3) is 0 Å². The lowest BCUT2D eigenvalue weighted by molar-refractivity contribution is 0.301. The number of halogens is 1. The summed E-state index contributed by atoms with van der Waals surface area (Å²) < 4.78 is 0.813. The van der Waals surface area contributed by atoms with Crippen LogP contribution in [0.4, 0.5) is 0 Å². The molecule has 0 spiro atoms. The first-order valence-corrected chi connectivity index (χ1v) is 5.79. The minimum Gasteiger partial charge on any atom is -0.285 e. The summed E-state index contributed by atoms with van der Waals surface area (Å²) in [5.74, 6) is 0. The Balaban J connectivity index is 2.51. The first kappa shape index (κ1) is 11.5. The number of hydrogen-bond acceptors (Lipinski definition) is 3. The topological polar surface area (TPSA) is 27.0 Å². The molecule has 0 aliphatic rings. The molecule has 76 valence electrons. The van der Waals surface area contributed by atoms with Gasteiger partial charge in [-0.15, -0.1) is 11.3 Å². The van der Waals surface area contributed by atoms with Crippen LogP contribution in [0.15, 0.2) is 12.1 Å². The zero-order valence-electron chi connectivity index (χ0n) is 8.16. The van der Waals surface area contributed by atoms with Crippen LogP contribution >= 0.6 is 22.9 Å². The lowest BCUT2D eigenvalue weighted by Gasteiger charge is -2.16. The number of rotatable bonds is 5. The Hall–Kier alpha value is -0.560. The highest BCUT2D eigenvalue weighted by Gasteiger charge is 2.05. The van der Waals surface area contributed by atoms with Crippen LogP contribution in [0.2, 0.25) is 4.34 Å². The van der Waals surface area contributed by atoms with Crippen molar-refractivity contribution in [3.05, 3.63) is 21.3 Å². The molecule has 1 aromatic heterocycles. The van der Waals surface area contributed by atoms with Gasteiger partial charge < -0.3 is 0 Å². The van der Waals surface area contributed by atoms with Crippen molar-refractivity contribution in [3.63, 3.8) is 0 Å². The Labute approximate surface area is 93.7 Å². The van der Waals surface area contributed by atoms with Gasteiger partial charge in [-0.2, -0.15) is 5.26 Å². The Bertz CT molecular complexity index is 316. The van der Waals surface area contributed by atoms with Crippen molar-refractivity contribution in [1.82, 2.24) is 4.90 Å². The number of nitriles is 1. The highest BCUT2D eigenvalue weighted by molar-refractivity contribution is 7.16. The zero-order chi connectivity index (χ0) is 10.4. The van der Waals surface area contributed by atoms with Gasteiger partial charge in [-0.05, 0) is 25.1 Å². The van der Waals surface area contributed by atoms with Crippen LogP contribution in [0, 0.1) is 11.3 Å². The molecule has 0 fully saturated rings. The van der Waals surface area contributed by atoms with Crippen molar-refractivity contribution in [2.75, 3.05) is 13.1 Å². The normalized spacial score (nSPS) is 10.4. The molecule has 0 atom stereocenters. The van der Waals surface area contributed by atoms with Crippen molar-refractivity contribution in [2.24, 2.45) is 0 Å². The van der Waals surface area contributed by atoms with Gasteiger partial charge in [-0.1, -0.05) is 18.5 Å². The van der Waals surface area contributed by atoms with E-state index < -0.39 is 0 Å². The molecule has 1 aromatic rings. The second-order valence-electron chi connectivity index (χ2n) is 3.07. The Morgan fingerprint density at radius 3 is 2.86 bits per heavy atom. The fourth-order valence-electron chi connectivity index (χ4n) is 1.29. The zero-order valence-corrected chi connectivity index (χ0v) is 9.74. The summed E-state index contributed by atoms with van der Waals surface area (Å²) >= 11 is 7.42. The minimum absolute atomic E-state index is 0.489. The van der Waals surface area contributed by atoms with Gasteiger partial charge in [0.1, 0.15) is 0 Å². The third kappa shape index (κ3) is 3.67. The van der Waals surface area contributed by atoms with Gasteiger partial charge in [0.25, 0.3) is 0 Å². The second-order valence-corrected chi connectivity index (χ2v) is 4.87. The first-order chi connectivity index (χ1) is 6.76. The molecule has 0 radical (unpaired) electrons. The molecule has 0 aromatic carbocycles. The molecule has 0 amide bonds. The summed E-state index contributed by atoms with van der Waals surface area (Å²) in [5.41, 5.74) is 0.